The number of carbonyl (C=O) groups is 2. The predicted molar refractivity (Wildman–Crippen MR) is 70.5 cm³/mol. The summed E-state index contributed by atoms with van der Waals surface area (Å²) >= 11 is 0. The van der Waals surface area contributed by atoms with Crippen LogP contribution in [0.1, 0.15) is 21.9 Å². The van der Waals surface area contributed by atoms with E-state index in [1.807, 2.05) is 4.90 Å². The van der Waals surface area contributed by atoms with Crippen molar-refractivity contribution in [3.05, 3.63) is 17.1 Å². The Labute approximate surface area is 116 Å². The molecule has 1 N–H and O–H groups in total. The third-order valence-corrected chi connectivity index (χ3v) is 3.69. The largest absolute Gasteiger partial charge is 0.469 e. The number of nitrogens with zero attached hydrogens (tertiary/aromatic N) is 3. The molecular formula is C13H16N4O3. The second kappa shape index (κ2) is 4.73. The monoisotopic (exact) mass is 276 g/mol. The lowest BCUT2D eigenvalue weighted by Gasteiger charge is -2.39. The molecule has 0 aromatic carbocycles. The average molecular weight is 276 g/mol. The average Bonchev–Trinajstić information content (AvgIpc) is 2.38. The summed E-state index contributed by atoms with van der Waals surface area (Å²) < 4.78 is 4.73. The molecule has 1 saturated heterocycles. The van der Waals surface area contributed by atoms with Crippen molar-refractivity contribution in [3.63, 3.8) is 0 Å². The van der Waals surface area contributed by atoms with E-state index in [0.717, 1.165) is 17.8 Å². The first kappa shape index (κ1) is 12.8. The first-order chi connectivity index (χ1) is 9.60. The molecule has 0 radical (unpaired) electrons. The van der Waals surface area contributed by atoms with Gasteiger partial charge < -0.3 is 15.0 Å². The minimum absolute atomic E-state index is 0.108. The number of methoxy groups -OCH3 is 1. The Bertz CT molecular complexity index is 581. The minimum Gasteiger partial charge on any atom is -0.469 e. The van der Waals surface area contributed by atoms with Gasteiger partial charge >= 0.3 is 5.97 Å². The first-order valence-corrected chi connectivity index (χ1v) is 6.58. The summed E-state index contributed by atoms with van der Waals surface area (Å²) in [6, 6.07) is 0. The van der Waals surface area contributed by atoms with Crippen molar-refractivity contribution in [2.24, 2.45) is 5.92 Å². The van der Waals surface area contributed by atoms with Gasteiger partial charge in [0.15, 0.2) is 0 Å². The summed E-state index contributed by atoms with van der Waals surface area (Å²) in [5, 5.41) is 2.78. The van der Waals surface area contributed by atoms with Gasteiger partial charge in [0.2, 0.25) is 0 Å². The van der Waals surface area contributed by atoms with Gasteiger partial charge in [0.25, 0.3) is 5.91 Å². The molecule has 1 fully saturated rings. The Hall–Kier alpha value is -2.18. The summed E-state index contributed by atoms with van der Waals surface area (Å²) in [6.45, 7) is 3.52. The van der Waals surface area contributed by atoms with E-state index in [4.69, 9.17) is 4.74 Å². The van der Waals surface area contributed by atoms with E-state index in [-0.39, 0.29) is 17.8 Å². The topological polar surface area (TPSA) is 84.4 Å². The highest BCUT2D eigenvalue weighted by molar-refractivity contribution is 5.96. The van der Waals surface area contributed by atoms with Crippen LogP contribution < -0.4 is 10.2 Å². The van der Waals surface area contributed by atoms with Crippen molar-refractivity contribution in [1.29, 1.82) is 0 Å². The molecule has 0 unspecified atom stereocenters. The van der Waals surface area contributed by atoms with E-state index in [1.165, 1.54) is 7.11 Å². The van der Waals surface area contributed by atoms with E-state index in [1.54, 1.807) is 6.92 Å². The number of aryl methyl sites for hydroxylation is 1. The van der Waals surface area contributed by atoms with Crippen molar-refractivity contribution in [1.82, 2.24) is 15.3 Å². The van der Waals surface area contributed by atoms with Crippen LogP contribution in [0.3, 0.4) is 0 Å². The van der Waals surface area contributed by atoms with Gasteiger partial charge in [-0.15, -0.1) is 0 Å². The van der Waals surface area contributed by atoms with Crippen molar-refractivity contribution in [3.8, 4) is 0 Å². The van der Waals surface area contributed by atoms with E-state index in [9.17, 15) is 9.59 Å². The molecule has 0 spiro atoms. The highest BCUT2D eigenvalue weighted by Crippen LogP contribution is 2.29. The molecule has 0 bridgehead atoms. The van der Waals surface area contributed by atoms with Crippen LogP contribution in [0.5, 0.6) is 0 Å². The van der Waals surface area contributed by atoms with Crippen molar-refractivity contribution in [2.75, 3.05) is 31.6 Å². The summed E-state index contributed by atoms with van der Waals surface area (Å²) in [5.74, 6) is 0.893. The standard InChI is InChI=1S/C13H16N4O3/c1-7-15-10-9(3-4-14-12(10)18)11(16-7)17-5-8(6-17)13(19)20-2/h8H,3-6H2,1-2H3,(H,14,18). The van der Waals surface area contributed by atoms with Crippen LogP contribution in [0.15, 0.2) is 0 Å². The lowest BCUT2D eigenvalue weighted by Crippen LogP contribution is -2.52. The van der Waals surface area contributed by atoms with Crippen molar-refractivity contribution >= 4 is 17.7 Å². The molecule has 0 aliphatic carbocycles. The van der Waals surface area contributed by atoms with Crippen LogP contribution in [0, 0.1) is 12.8 Å². The lowest BCUT2D eigenvalue weighted by atomic mass is 9.98. The molecular weight excluding hydrogens is 260 g/mol. The normalized spacial score (nSPS) is 18.1. The van der Waals surface area contributed by atoms with E-state index >= 15 is 0 Å². The van der Waals surface area contributed by atoms with Gasteiger partial charge in [-0.2, -0.15) is 0 Å². The number of rotatable bonds is 2. The zero-order valence-corrected chi connectivity index (χ0v) is 11.5. The summed E-state index contributed by atoms with van der Waals surface area (Å²) in [6.07, 6.45) is 0.718. The summed E-state index contributed by atoms with van der Waals surface area (Å²) in [5.41, 5.74) is 1.34. The number of fused-ring (bicyclic) bond motifs is 1. The number of carbonyl (C=O) groups excluding carboxylic acids is 2. The highest BCUT2D eigenvalue weighted by Gasteiger charge is 2.37. The molecule has 0 atom stereocenters. The van der Waals surface area contributed by atoms with Crippen LogP contribution in [0.2, 0.25) is 0 Å². The molecule has 7 nitrogen and oxygen atoms in total. The molecule has 1 aromatic rings. The number of ether oxygens (including phenoxy) is 1. The van der Waals surface area contributed by atoms with Crippen LogP contribution >= 0.6 is 0 Å². The first-order valence-electron chi connectivity index (χ1n) is 6.58. The van der Waals surface area contributed by atoms with Gasteiger partial charge in [0.05, 0.1) is 13.0 Å². The molecule has 2 aliphatic heterocycles. The zero-order chi connectivity index (χ0) is 14.3. The SMILES string of the molecule is COC(=O)C1CN(c2nc(C)nc3c2CCNC3=O)C1. The molecule has 1 aromatic heterocycles. The Balaban J connectivity index is 1.88. The molecule has 7 heteroatoms. The van der Waals surface area contributed by atoms with Crippen LogP contribution in [0.25, 0.3) is 0 Å². The third kappa shape index (κ3) is 1.99. The smallest absolute Gasteiger partial charge is 0.312 e. The van der Waals surface area contributed by atoms with Crippen LogP contribution in [-0.2, 0) is 16.0 Å². The second-order valence-electron chi connectivity index (χ2n) is 5.05. The third-order valence-electron chi connectivity index (χ3n) is 3.69. The fourth-order valence-electron chi connectivity index (χ4n) is 2.61. The number of aromatic nitrogens is 2. The molecule has 3 heterocycles. The summed E-state index contributed by atoms with van der Waals surface area (Å²) in [7, 11) is 1.39. The van der Waals surface area contributed by atoms with Crippen LogP contribution in [0.4, 0.5) is 5.82 Å². The van der Waals surface area contributed by atoms with Gasteiger partial charge in [0.1, 0.15) is 17.3 Å². The molecule has 20 heavy (non-hydrogen) atoms. The number of hydrogen-bond acceptors (Lipinski definition) is 6. The number of hydrogen-bond donors (Lipinski definition) is 1. The number of anilines is 1. The maximum Gasteiger partial charge on any atom is 0.312 e. The lowest BCUT2D eigenvalue weighted by molar-refractivity contribution is -0.146. The Kier molecular flexibility index (Phi) is 3.04. The van der Waals surface area contributed by atoms with Crippen molar-refractivity contribution < 1.29 is 14.3 Å². The van der Waals surface area contributed by atoms with Crippen molar-refractivity contribution in [2.45, 2.75) is 13.3 Å². The number of esters is 1. The zero-order valence-electron chi connectivity index (χ0n) is 11.5. The Morgan fingerprint density at radius 3 is 2.85 bits per heavy atom. The molecule has 106 valence electrons. The van der Waals surface area contributed by atoms with E-state index < -0.39 is 0 Å². The molecule has 3 rings (SSSR count). The second-order valence-corrected chi connectivity index (χ2v) is 5.05. The predicted octanol–water partition coefficient (Wildman–Crippen LogP) is -0.320. The minimum atomic E-state index is -0.196. The van der Waals surface area contributed by atoms with Gasteiger partial charge in [-0.1, -0.05) is 0 Å². The maximum atomic E-state index is 11.8. The fourth-order valence-corrected chi connectivity index (χ4v) is 2.61. The Morgan fingerprint density at radius 2 is 2.15 bits per heavy atom. The molecule has 1 amide bonds. The molecule has 2 aliphatic rings. The Morgan fingerprint density at radius 1 is 1.40 bits per heavy atom. The van der Waals surface area contributed by atoms with Gasteiger partial charge in [0, 0.05) is 25.2 Å². The van der Waals surface area contributed by atoms with Gasteiger partial charge in [-0.25, -0.2) is 9.97 Å². The number of amides is 1. The maximum absolute atomic E-state index is 11.8. The number of nitrogens with one attached hydrogen (secondary N) is 1. The fraction of sp³-hybridized carbons (Fsp3) is 0.538. The van der Waals surface area contributed by atoms with Crippen LogP contribution in [-0.4, -0.2) is 48.6 Å². The van der Waals surface area contributed by atoms with Gasteiger partial charge in [-0.05, 0) is 13.3 Å². The molecule has 0 saturated carbocycles. The summed E-state index contributed by atoms with van der Waals surface area (Å²) in [4.78, 5) is 34.0. The quantitative estimate of drug-likeness (QED) is 0.745. The highest BCUT2D eigenvalue weighted by atomic mass is 16.5. The van der Waals surface area contributed by atoms with Gasteiger partial charge in [-0.3, -0.25) is 9.59 Å². The van der Waals surface area contributed by atoms with E-state index in [2.05, 4.69) is 15.3 Å². The van der Waals surface area contributed by atoms with E-state index in [0.29, 0.717) is 31.2 Å².